The van der Waals surface area contributed by atoms with Crippen molar-refractivity contribution in [1.82, 2.24) is 0 Å². The molecule has 4 nitrogen and oxygen atoms in total. The number of hydrogen-bond acceptors (Lipinski definition) is 4. The Morgan fingerprint density at radius 1 is 0.850 bits per heavy atom. The fourth-order valence-electron chi connectivity index (χ4n) is 2.29. The fourth-order valence-corrected chi connectivity index (χ4v) is 2.29. The van der Waals surface area contributed by atoms with Crippen LogP contribution >= 0.6 is 0 Å². The smallest absolute Gasteiger partial charge is 0.163 e. The third kappa shape index (κ3) is 1.86. The minimum absolute atomic E-state index is 0.0765. The van der Waals surface area contributed by atoms with E-state index in [1.54, 1.807) is 24.3 Å². The van der Waals surface area contributed by atoms with Gasteiger partial charge in [-0.3, -0.25) is 9.59 Å². The minimum atomic E-state index is -0.0765. The van der Waals surface area contributed by atoms with Gasteiger partial charge in [0.05, 0.1) is 22.5 Å². The number of carbonyl (C=O) groups is 2. The normalized spacial score (nSPS) is 11.7. The summed E-state index contributed by atoms with van der Waals surface area (Å²) in [6.45, 7) is 2.98. The Bertz CT molecular complexity index is 673. The first kappa shape index (κ1) is 12.4. The predicted molar refractivity (Wildman–Crippen MR) is 76.2 cm³/mol. The molecule has 1 aliphatic rings. The Labute approximate surface area is 116 Å². The molecule has 0 saturated heterocycles. The molecule has 0 radical (unpaired) electrons. The second kappa shape index (κ2) is 4.49. The molecule has 1 N–H and O–H groups in total. The number of benzene rings is 2. The molecule has 4 heteroatoms. The minimum Gasteiger partial charge on any atom is -0.451 e. The highest BCUT2D eigenvalue weighted by Crippen LogP contribution is 2.45. The first-order valence-electron chi connectivity index (χ1n) is 6.30. The molecule has 2 aromatic carbocycles. The summed E-state index contributed by atoms with van der Waals surface area (Å²) in [5.41, 5.74) is 2.45. The van der Waals surface area contributed by atoms with Crippen LogP contribution in [0.5, 0.6) is 11.5 Å². The molecular weight excluding hydrogens is 254 g/mol. The van der Waals surface area contributed by atoms with Crippen LogP contribution in [0.4, 0.5) is 11.4 Å². The third-order valence-electron chi connectivity index (χ3n) is 3.26. The van der Waals surface area contributed by atoms with E-state index >= 15 is 0 Å². The molecule has 20 heavy (non-hydrogen) atoms. The summed E-state index contributed by atoms with van der Waals surface area (Å²) in [5, 5.41) is 3.20. The molecule has 0 unspecified atom stereocenters. The quantitative estimate of drug-likeness (QED) is 0.714. The predicted octanol–water partition coefficient (Wildman–Crippen LogP) is 3.94. The number of para-hydroxylation sites is 2. The van der Waals surface area contributed by atoms with Crippen LogP contribution in [0.25, 0.3) is 0 Å². The van der Waals surface area contributed by atoms with Crippen LogP contribution in [0.2, 0.25) is 0 Å². The van der Waals surface area contributed by atoms with Gasteiger partial charge in [-0.2, -0.15) is 0 Å². The van der Waals surface area contributed by atoms with Gasteiger partial charge >= 0.3 is 0 Å². The average molecular weight is 267 g/mol. The Kier molecular flexibility index (Phi) is 2.79. The van der Waals surface area contributed by atoms with Gasteiger partial charge < -0.3 is 10.1 Å². The van der Waals surface area contributed by atoms with Gasteiger partial charge in [-0.05, 0) is 38.1 Å². The van der Waals surface area contributed by atoms with Gasteiger partial charge in [0.2, 0.25) is 0 Å². The van der Waals surface area contributed by atoms with Crippen molar-refractivity contribution >= 4 is 22.9 Å². The third-order valence-corrected chi connectivity index (χ3v) is 3.26. The fraction of sp³-hybridized carbons (Fsp3) is 0.125. The van der Waals surface area contributed by atoms with Crippen molar-refractivity contribution in [3.63, 3.8) is 0 Å². The van der Waals surface area contributed by atoms with E-state index in [9.17, 15) is 9.59 Å². The highest BCUT2D eigenvalue weighted by Gasteiger charge is 2.24. The Morgan fingerprint density at radius 3 is 1.70 bits per heavy atom. The zero-order valence-corrected chi connectivity index (χ0v) is 11.2. The molecule has 0 saturated carbocycles. The lowest BCUT2D eigenvalue weighted by molar-refractivity contribution is 0.101. The van der Waals surface area contributed by atoms with E-state index in [0.29, 0.717) is 22.6 Å². The van der Waals surface area contributed by atoms with Gasteiger partial charge in [-0.1, -0.05) is 12.1 Å². The Morgan fingerprint density at radius 2 is 1.30 bits per heavy atom. The first-order chi connectivity index (χ1) is 9.58. The van der Waals surface area contributed by atoms with Crippen molar-refractivity contribution in [3.8, 4) is 11.5 Å². The topological polar surface area (TPSA) is 55.4 Å². The van der Waals surface area contributed by atoms with Crippen LogP contribution in [-0.2, 0) is 0 Å². The van der Waals surface area contributed by atoms with Gasteiger partial charge in [0.25, 0.3) is 0 Å². The molecule has 0 spiro atoms. The van der Waals surface area contributed by atoms with Crippen molar-refractivity contribution < 1.29 is 14.3 Å². The lowest BCUT2D eigenvalue weighted by Gasteiger charge is -2.24. The molecular formula is C16H13NO3. The summed E-state index contributed by atoms with van der Waals surface area (Å²) >= 11 is 0. The molecule has 0 atom stereocenters. The van der Waals surface area contributed by atoms with E-state index in [-0.39, 0.29) is 11.6 Å². The molecule has 0 aromatic heterocycles. The maximum Gasteiger partial charge on any atom is 0.163 e. The van der Waals surface area contributed by atoms with Gasteiger partial charge in [0, 0.05) is 0 Å². The van der Waals surface area contributed by atoms with Crippen LogP contribution in [0.3, 0.4) is 0 Å². The SMILES string of the molecule is CC(=O)c1cccc2c1Oc1c(cccc1C(C)=O)N2. The molecule has 0 fully saturated rings. The van der Waals surface area contributed by atoms with Crippen molar-refractivity contribution in [3.05, 3.63) is 47.5 Å². The number of ether oxygens (including phenoxy) is 1. The highest BCUT2D eigenvalue weighted by atomic mass is 16.5. The largest absolute Gasteiger partial charge is 0.451 e. The van der Waals surface area contributed by atoms with Gasteiger partial charge in [-0.25, -0.2) is 0 Å². The maximum atomic E-state index is 11.7. The molecule has 3 rings (SSSR count). The lowest BCUT2D eigenvalue weighted by Crippen LogP contribution is -2.09. The summed E-state index contributed by atoms with van der Waals surface area (Å²) in [6, 6.07) is 10.7. The van der Waals surface area contributed by atoms with Crippen LogP contribution in [0.15, 0.2) is 36.4 Å². The van der Waals surface area contributed by atoms with Gasteiger partial charge in [0.1, 0.15) is 0 Å². The van der Waals surface area contributed by atoms with E-state index in [4.69, 9.17) is 4.74 Å². The van der Waals surface area contributed by atoms with Gasteiger partial charge in [0.15, 0.2) is 23.1 Å². The number of fused-ring (bicyclic) bond motifs is 2. The van der Waals surface area contributed by atoms with Gasteiger partial charge in [-0.15, -0.1) is 0 Å². The number of carbonyl (C=O) groups excluding carboxylic acids is 2. The van der Waals surface area contributed by atoms with E-state index in [1.807, 2.05) is 12.1 Å². The summed E-state index contributed by atoms with van der Waals surface area (Å²) in [4.78, 5) is 23.3. The number of rotatable bonds is 2. The zero-order chi connectivity index (χ0) is 14.3. The molecule has 1 heterocycles. The lowest BCUT2D eigenvalue weighted by atomic mass is 10.0. The number of Topliss-reactive ketones (excluding diaryl/α,β-unsaturated/α-hetero) is 2. The van der Waals surface area contributed by atoms with E-state index in [2.05, 4.69) is 5.32 Å². The van der Waals surface area contributed by atoms with Crippen molar-refractivity contribution in [2.24, 2.45) is 0 Å². The van der Waals surface area contributed by atoms with Crippen LogP contribution < -0.4 is 10.1 Å². The zero-order valence-electron chi connectivity index (χ0n) is 11.2. The summed E-state index contributed by atoms with van der Waals surface area (Å²) < 4.78 is 5.86. The molecule has 0 bridgehead atoms. The van der Waals surface area contributed by atoms with Crippen molar-refractivity contribution in [2.75, 3.05) is 5.32 Å². The first-order valence-corrected chi connectivity index (χ1v) is 6.30. The second-order valence-corrected chi connectivity index (χ2v) is 4.70. The van der Waals surface area contributed by atoms with E-state index < -0.39 is 0 Å². The maximum absolute atomic E-state index is 11.7. The van der Waals surface area contributed by atoms with Crippen LogP contribution in [0.1, 0.15) is 34.6 Å². The molecule has 2 aromatic rings. The number of anilines is 2. The molecule has 0 amide bonds. The van der Waals surface area contributed by atoms with Crippen LogP contribution in [-0.4, -0.2) is 11.6 Å². The van der Waals surface area contributed by atoms with Crippen molar-refractivity contribution in [2.45, 2.75) is 13.8 Å². The summed E-state index contributed by atoms with van der Waals surface area (Å²) in [6.07, 6.45) is 0. The summed E-state index contributed by atoms with van der Waals surface area (Å²) in [7, 11) is 0. The van der Waals surface area contributed by atoms with Crippen molar-refractivity contribution in [1.29, 1.82) is 0 Å². The van der Waals surface area contributed by atoms with E-state index in [1.165, 1.54) is 13.8 Å². The summed E-state index contributed by atoms with van der Waals surface area (Å²) in [5.74, 6) is 0.794. The average Bonchev–Trinajstić information content (AvgIpc) is 2.43. The number of hydrogen-bond donors (Lipinski definition) is 1. The second-order valence-electron chi connectivity index (χ2n) is 4.70. The number of nitrogens with one attached hydrogen (secondary N) is 1. The molecule has 0 aliphatic carbocycles. The molecule has 1 aliphatic heterocycles. The number of ketones is 2. The van der Waals surface area contributed by atoms with Crippen LogP contribution in [0, 0.1) is 0 Å². The van der Waals surface area contributed by atoms with E-state index in [0.717, 1.165) is 11.4 Å². The Hall–Kier alpha value is -2.62. The standard InChI is InChI=1S/C16H13NO3/c1-9(18)11-5-3-7-13-15(11)20-16-12(10(2)19)6-4-8-14(16)17-13/h3-8,17H,1-2H3. The highest BCUT2D eigenvalue weighted by molar-refractivity contribution is 6.02. The molecule has 100 valence electrons. The Balaban J connectivity index is 2.18. The monoisotopic (exact) mass is 267 g/mol.